The van der Waals surface area contributed by atoms with Crippen molar-refractivity contribution >= 4 is 0 Å². The van der Waals surface area contributed by atoms with Crippen LogP contribution in [0.25, 0.3) is 0 Å². The average molecular weight is 152 g/mol. The highest BCUT2D eigenvalue weighted by atomic mass is 16.5. The largest absolute Gasteiger partial charge is 0.378 e. The first-order chi connectivity index (χ1) is 5.45. The molecule has 1 heteroatoms. The van der Waals surface area contributed by atoms with Gasteiger partial charge in [0.2, 0.25) is 0 Å². The van der Waals surface area contributed by atoms with Gasteiger partial charge in [-0.05, 0) is 49.9 Å². The van der Waals surface area contributed by atoms with Gasteiger partial charge in [-0.3, -0.25) is 0 Å². The third-order valence-electron chi connectivity index (χ3n) is 4.00. The van der Waals surface area contributed by atoms with E-state index < -0.39 is 0 Å². The van der Waals surface area contributed by atoms with Gasteiger partial charge in [0.15, 0.2) is 0 Å². The predicted molar refractivity (Wildman–Crippen MR) is 43.3 cm³/mol. The van der Waals surface area contributed by atoms with Gasteiger partial charge in [0.1, 0.15) is 0 Å². The molecule has 4 atom stereocenters. The molecule has 2 bridgehead atoms. The van der Waals surface area contributed by atoms with Gasteiger partial charge in [0, 0.05) is 6.61 Å². The highest BCUT2D eigenvalue weighted by Crippen LogP contribution is 2.52. The molecule has 0 spiro atoms. The molecule has 0 aromatic rings. The van der Waals surface area contributed by atoms with Gasteiger partial charge >= 0.3 is 0 Å². The third kappa shape index (κ3) is 0.807. The molecule has 2 aliphatic carbocycles. The number of hydrogen-bond donors (Lipinski definition) is 0. The fourth-order valence-corrected chi connectivity index (χ4v) is 3.56. The predicted octanol–water partition coefficient (Wildman–Crippen LogP) is 2.21. The summed E-state index contributed by atoms with van der Waals surface area (Å²) in [6.45, 7) is 1.05. The summed E-state index contributed by atoms with van der Waals surface area (Å²) in [6.07, 6.45) is 7.95. The van der Waals surface area contributed by atoms with E-state index in [9.17, 15) is 0 Å². The molecule has 11 heavy (non-hydrogen) atoms. The van der Waals surface area contributed by atoms with Crippen LogP contribution in [0.5, 0.6) is 0 Å². The molecular weight excluding hydrogens is 136 g/mol. The summed E-state index contributed by atoms with van der Waals surface area (Å²) in [7, 11) is 0. The molecule has 62 valence electrons. The minimum absolute atomic E-state index is 0.697. The van der Waals surface area contributed by atoms with Crippen LogP contribution in [0.4, 0.5) is 0 Å². The van der Waals surface area contributed by atoms with Crippen LogP contribution in [0.2, 0.25) is 0 Å². The molecule has 0 aromatic heterocycles. The van der Waals surface area contributed by atoms with Crippen LogP contribution in [-0.2, 0) is 4.74 Å². The summed E-state index contributed by atoms with van der Waals surface area (Å²) < 4.78 is 5.84. The van der Waals surface area contributed by atoms with Crippen molar-refractivity contribution < 1.29 is 4.74 Å². The molecule has 1 nitrogen and oxygen atoms in total. The van der Waals surface area contributed by atoms with Crippen LogP contribution in [0.1, 0.15) is 32.1 Å². The van der Waals surface area contributed by atoms with Crippen molar-refractivity contribution in [1.29, 1.82) is 0 Å². The van der Waals surface area contributed by atoms with E-state index in [4.69, 9.17) is 4.74 Å². The first-order valence-corrected chi connectivity index (χ1v) is 5.07. The van der Waals surface area contributed by atoms with E-state index >= 15 is 0 Å². The fraction of sp³-hybridized carbons (Fsp3) is 1.00. The quantitative estimate of drug-likeness (QED) is 0.517. The van der Waals surface area contributed by atoms with E-state index in [2.05, 4.69) is 0 Å². The summed E-state index contributed by atoms with van der Waals surface area (Å²) in [6, 6.07) is 0. The Morgan fingerprint density at radius 3 is 2.82 bits per heavy atom. The Balaban J connectivity index is 1.84. The highest BCUT2D eigenvalue weighted by molar-refractivity contribution is 4.98. The van der Waals surface area contributed by atoms with Crippen molar-refractivity contribution in [3.63, 3.8) is 0 Å². The average Bonchev–Trinajstić information content (AvgIpc) is 2.64. The van der Waals surface area contributed by atoms with E-state index in [-0.39, 0.29) is 0 Å². The van der Waals surface area contributed by atoms with E-state index in [1.54, 1.807) is 0 Å². The maximum Gasteiger partial charge on any atom is 0.0634 e. The fourth-order valence-electron chi connectivity index (χ4n) is 3.56. The molecule has 3 aliphatic rings. The van der Waals surface area contributed by atoms with Crippen LogP contribution in [0.3, 0.4) is 0 Å². The molecule has 0 N–H and O–H groups in total. The summed E-state index contributed by atoms with van der Waals surface area (Å²) in [5.41, 5.74) is 0. The van der Waals surface area contributed by atoms with Gasteiger partial charge in [0.05, 0.1) is 6.10 Å². The van der Waals surface area contributed by atoms with Gasteiger partial charge in [-0.15, -0.1) is 0 Å². The van der Waals surface area contributed by atoms with E-state index in [0.29, 0.717) is 6.10 Å². The first-order valence-electron chi connectivity index (χ1n) is 5.07. The Bertz CT molecular complexity index is 148. The number of ether oxygens (including phenoxy) is 1. The lowest BCUT2D eigenvalue weighted by molar-refractivity contribution is -0.0540. The Kier molecular flexibility index (Phi) is 1.31. The molecule has 0 amide bonds. The topological polar surface area (TPSA) is 9.23 Å². The van der Waals surface area contributed by atoms with Crippen molar-refractivity contribution in [2.24, 2.45) is 17.8 Å². The third-order valence-corrected chi connectivity index (χ3v) is 4.00. The summed E-state index contributed by atoms with van der Waals surface area (Å²) >= 11 is 0. The molecule has 4 unspecified atom stereocenters. The second kappa shape index (κ2) is 2.22. The zero-order valence-corrected chi connectivity index (χ0v) is 6.96. The molecule has 0 aromatic carbocycles. The lowest BCUT2D eigenvalue weighted by atomic mass is 9.82. The maximum atomic E-state index is 5.84. The Labute approximate surface area is 68.1 Å². The van der Waals surface area contributed by atoms with Crippen molar-refractivity contribution in [2.45, 2.75) is 38.2 Å². The number of hydrogen-bond acceptors (Lipinski definition) is 1. The molecule has 0 radical (unpaired) electrons. The second-order valence-corrected chi connectivity index (χ2v) is 4.47. The SMILES string of the molecule is C1COC2C3CCC(C3)C2C1. The monoisotopic (exact) mass is 152 g/mol. The minimum atomic E-state index is 0.697. The zero-order chi connectivity index (χ0) is 7.26. The second-order valence-electron chi connectivity index (χ2n) is 4.47. The molecule has 1 heterocycles. The van der Waals surface area contributed by atoms with Gasteiger partial charge in [-0.25, -0.2) is 0 Å². The first kappa shape index (κ1) is 6.47. The molecule has 3 rings (SSSR count). The van der Waals surface area contributed by atoms with Gasteiger partial charge in [-0.2, -0.15) is 0 Å². The number of fused-ring (bicyclic) bond motifs is 5. The summed E-state index contributed by atoms with van der Waals surface area (Å²) in [5.74, 6) is 3.00. The standard InChI is InChI=1S/C10H16O/c1-2-9-7-3-4-8(6-7)10(9)11-5-1/h7-10H,1-6H2. The molecule has 1 aliphatic heterocycles. The lowest BCUT2D eigenvalue weighted by Crippen LogP contribution is -2.34. The zero-order valence-electron chi connectivity index (χ0n) is 6.96. The Morgan fingerprint density at radius 2 is 1.91 bits per heavy atom. The Hall–Kier alpha value is -0.0400. The van der Waals surface area contributed by atoms with Crippen LogP contribution in [-0.4, -0.2) is 12.7 Å². The van der Waals surface area contributed by atoms with Crippen molar-refractivity contribution in [1.82, 2.24) is 0 Å². The molecule has 3 fully saturated rings. The molecule has 1 saturated heterocycles. The van der Waals surface area contributed by atoms with Crippen molar-refractivity contribution in [3.8, 4) is 0 Å². The van der Waals surface area contributed by atoms with Gasteiger partial charge < -0.3 is 4.74 Å². The van der Waals surface area contributed by atoms with Gasteiger partial charge in [-0.1, -0.05) is 0 Å². The Morgan fingerprint density at radius 1 is 1.00 bits per heavy atom. The number of rotatable bonds is 0. The van der Waals surface area contributed by atoms with Crippen LogP contribution in [0, 0.1) is 17.8 Å². The van der Waals surface area contributed by atoms with E-state index in [1.807, 2.05) is 0 Å². The van der Waals surface area contributed by atoms with Crippen LogP contribution in [0.15, 0.2) is 0 Å². The van der Waals surface area contributed by atoms with E-state index in [0.717, 1.165) is 24.4 Å². The van der Waals surface area contributed by atoms with Crippen molar-refractivity contribution in [2.75, 3.05) is 6.61 Å². The molecular formula is C10H16O. The molecule has 2 saturated carbocycles. The summed E-state index contributed by atoms with van der Waals surface area (Å²) in [5, 5.41) is 0. The van der Waals surface area contributed by atoms with E-state index in [1.165, 1.54) is 32.1 Å². The highest BCUT2D eigenvalue weighted by Gasteiger charge is 2.48. The van der Waals surface area contributed by atoms with Crippen molar-refractivity contribution in [3.05, 3.63) is 0 Å². The minimum Gasteiger partial charge on any atom is -0.378 e. The normalized spacial score (nSPS) is 54.5. The van der Waals surface area contributed by atoms with Gasteiger partial charge in [0.25, 0.3) is 0 Å². The maximum absolute atomic E-state index is 5.84. The lowest BCUT2D eigenvalue weighted by Gasteiger charge is -2.34. The van der Waals surface area contributed by atoms with Crippen LogP contribution < -0.4 is 0 Å². The van der Waals surface area contributed by atoms with Crippen LogP contribution >= 0.6 is 0 Å². The smallest absolute Gasteiger partial charge is 0.0634 e. The summed E-state index contributed by atoms with van der Waals surface area (Å²) in [4.78, 5) is 0.